The maximum Gasteiger partial charge on any atom is 0.0597 e. The lowest BCUT2D eigenvalue weighted by molar-refractivity contribution is 0.211. The van der Waals surface area contributed by atoms with Gasteiger partial charge in [0.2, 0.25) is 0 Å². The number of nitrogens with one attached hydrogen (secondary N) is 1. The molecule has 1 aromatic rings. The van der Waals surface area contributed by atoms with Crippen LogP contribution < -0.4 is 5.32 Å². The van der Waals surface area contributed by atoms with Gasteiger partial charge in [-0.05, 0) is 52.4 Å². The van der Waals surface area contributed by atoms with Gasteiger partial charge in [0.1, 0.15) is 0 Å². The second-order valence-corrected chi connectivity index (χ2v) is 5.15. The fourth-order valence-electron chi connectivity index (χ4n) is 2.64. The summed E-state index contributed by atoms with van der Waals surface area (Å²) in [4.78, 5) is 2.48. The van der Waals surface area contributed by atoms with Crippen molar-refractivity contribution in [3.63, 3.8) is 0 Å². The molecule has 0 spiro atoms. The Morgan fingerprint density at radius 3 is 3.00 bits per heavy atom. The smallest absolute Gasteiger partial charge is 0.0597 e. The van der Waals surface area contributed by atoms with Crippen molar-refractivity contribution in [2.75, 3.05) is 20.1 Å². The zero-order valence-electron chi connectivity index (χ0n) is 11.2. The fourth-order valence-corrected chi connectivity index (χ4v) is 2.64. The monoisotopic (exact) mass is 236 g/mol. The predicted octanol–water partition coefficient (Wildman–Crippen LogP) is 1.30. The third-order valence-corrected chi connectivity index (χ3v) is 3.68. The van der Waals surface area contributed by atoms with Gasteiger partial charge in [0.25, 0.3) is 0 Å². The third-order valence-electron chi connectivity index (χ3n) is 3.68. The second-order valence-electron chi connectivity index (χ2n) is 5.15. The van der Waals surface area contributed by atoms with E-state index >= 15 is 0 Å². The van der Waals surface area contributed by atoms with Crippen LogP contribution >= 0.6 is 0 Å². The molecule has 1 aromatic heterocycles. The summed E-state index contributed by atoms with van der Waals surface area (Å²) in [6.07, 6.45) is 3.85. The molecule has 0 aliphatic carbocycles. The van der Waals surface area contributed by atoms with Gasteiger partial charge in [0.15, 0.2) is 0 Å². The summed E-state index contributed by atoms with van der Waals surface area (Å²) < 4.78 is 2.00. The topological polar surface area (TPSA) is 33.1 Å². The van der Waals surface area contributed by atoms with E-state index in [1.165, 1.54) is 31.5 Å². The van der Waals surface area contributed by atoms with E-state index in [0.717, 1.165) is 18.8 Å². The first-order chi connectivity index (χ1) is 8.16. The second kappa shape index (κ2) is 5.65. The Kier molecular flexibility index (Phi) is 4.18. The first-order valence-electron chi connectivity index (χ1n) is 6.57. The Balaban J connectivity index is 1.95. The molecule has 4 heteroatoms. The Morgan fingerprint density at radius 2 is 2.29 bits per heavy atom. The molecular weight excluding hydrogens is 212 g/mol. The van der Waals surface area contributed by atoms with Crippen LogP contribution in [0.1, 0.15) is 30.7 Å². The zero-order valence-corrected chi connectivity index (χ0v) is 11.2. The van der Waals surface area contributed by atoms with Crippen LogP contribution in [0.3, 0.4) is 0 Å². The van der Waals surface area contributed by atoms with Crippen LogP contribution in [0.5, 0.6) is 0 Å². The van der Waals surface area contributed by atoms with Crippen molar-refractivity contribution in [3.8, 4) is 0 Å². The molecule has 2 rings (SSSR count). The highest BCUT2D eigenvalue weighted by Crippen LogP contribution is 2.15. The van der Waals surface area contributed by atoms with Crippen molar-refractivity contribution >= 4 is 0 Å². The van der Waals surface area contributed by atoms with E-state index < -0.39 is 0 Å². The Morgan fingerprint density at radius 1 is 1.47 bits per heavy atom. The Hall–Kier alpha value is -0.870. The summed E-state index contributed by atoms with van der Waals surface area (Å²) in [5.74, 6) is 0. The first kappa shape index (κ1) is 12.6. The van der Waals surface area contributed by atoms with Crippen LogP contribution in [0.25, 0.3) is 0 Å². The number of rotatable bonds is 3. The first-order valence-corrected chi connectivity index (χ1v) is 6.57. The highest BCUT2D eigenvalue weighted by atomic mass is 15.3. The molecule has 17 heavy (non-hydrogen) atoms. The van der Waals surface area contributed by atoms with E-state index in [9.17, 15) is 0 Å². The van der Waals surface area contributed by atoms with Gasteiger partial charge in [0.05, 0.1) is 11.4 Å². The molecule has 1 atom stereocenters. The summed E-state index contributed by atoms with van der Waals surface area (Å²) in [5, 5.41) is 7.87. The van der Waals surface area contributed by atoms with Crippen LogP contribution in [0.4, 0.5) is 0 Å². The molecule has 0 saturated carbocycles. The van der Waals surface area contributed by atoms with Gasteiger partial charge in [0, 0.05) is 19.6 Å². The summed E-state index contributed by atoms with van der Waals surface area (Å²) in [6, 6.07) is 2.89. The Labute approximate surface area is 104 Å². The summed E-state index contributed by atoms with van der Waals surface area (Å²) in [7, 11) is 4.27. The van der Waals surface area contributed by atoms with Gasteiger partial charge < -0.3 is 5.32 Å². The molecule has 2 heterocycles. The largest absolute Gasteiger partial charge is 0.317 e. The molecular formula is C13H24N4. The highest BCUT2D eigenvalue weighted by molar-refractivity contribution is 5.08. The minimum Gasteiger partial charge on any atom is -0.317 e. The number of aromatic nitrogens is 2. The molecule has 0 radical (unpaired) electrons. The lowest BCUT2D eigenvalue weighted by atomic mass is 10.1. The van der Waals surface area contributed by atoms with Crippen LogP contribution in [0.15, 0.2) is 6.07 Å². The highest BCUT2D eigenvalue weighted by Gasteiger charge is 2.17. The standard InChI is InChI=1S/C13H24N4/c1-11-9-13(17(3)15-11)10-16(2)12-5-4-7-14-8-6-12/h9,12,14H,4-8,10H2,1-3H3. The van der Waals surface area contributed by atoms with Gasteiger partial charge >= 0.3 is 0 Å². The summed E-state index contributed by atoms with van der Waals surface area (Å²) in [6.45, 7) is 5.38. The number of hydrogen-bond donors (Lipinski definition) is 1. The van der Waals surface area contributed by atoms with Crippen LogP contribution in [0, 0.1) is 6.92 Å². The van der Waals surface area contributed by atoms with E-state index in [-0.39, 0.29) is 0 Å². The minimum absolute atomic E-state index is 0.709. The lowest BCUT2D eigenvalue weighted by Crippen LogP contribution is -2.32. The van der Waals surface area contributed by atoms with E-state index in [1.807, 2.05) is 11.7 Å². The molecule has 4 nitrogen and oxygen atoms in total. The molecule has 0 bridgehead atoms. The SMILES string of the molecule is Cc1cc(CN(C)C2CCCNCC2)n(C)n1. The molecule has 1 unspecified atom stereocenters. The van der Waals surface area contributed by atoms with Crippen molar-refractivity contribution < 1.29 is 0 Å². The molecule has 96 valence electrons. The molecule has 1 fully saturated rings. The molecule has 0 amide bonds. The normalized spacial score (nSPS) is 21.8. The summed E-state index contributed by atoms with van der Waals surface area (Å²) in [5.41, 5.74) is 2.42. The minimum atomic E-state index is 0.709. The van der Waals surface area contributed by atoms with Crippen molar-refractivity contribution in [2.45, 2.75) is 38.8 Å². The van der Waals surface area contributed by atoms with Crippen LogP contribution in [-0.2, 0) is 13.6 Å². The lowest BCUT2D eigenvalue weighted by Gasteiger charge is -2.26. The van der Waals surface area contributed by atoms with Crippen molar-refractivity contribution in [2.24, 2.45) is 7.05 Å². The van der Waals surface area contributed by atoms with Crippen molar-refractivity contribution in [3.05, 3.63) is 17.5 Å². The number of hydrogen-bond acceptors (Lipinski definition) is 3. The van der Waals surface area contributed by atoms with E-state index in [4.69, 9.17) is 0 Å². The van der Waals surface area contributed by atoms with Crippen LogP contribution in [-0.4, -0.2) is 40.9 Å². The maximum absolute atomic E-state index is 4.41. The van der Waals surface area contributed by atoms with E-state index in [0.29, 0.717) is 6.04 Å². The maximum atomic E-state index is 4.41. The zero-order chi connectivity index (χ0) is 12.3. The molecule has 1 aliphatic rings. The van der Waals surface area contributed by atoms with Gasteiger partial charge in [-0.2, -0.15) is 5.10 Å². The average Bonchev–Trinajstić information content (AvgIpc) is 2.54. The molecule has 1 saturated heterocycles. The fraction of sp³-hybridized carbons (Fsp3) is 0.769. The Bertz CT molecular complexity index is 350. The van der Waals surface area contributed by atoms with E-state index in [2.05, 4.69) is 35.4 Å². The van der Waals surface area contributed by atoms with Crippen molar-refractivity contribution in [1.29, 1.82) is 0 Å². The molecule has 0 aromatic carbocycles. The summed E-state index contributed by atoms with van der Waals surface area (Å²) >= 11 is 0. The van der Waals surface area contributed by atoms with E-state index in [1.54, 1.807) is 0 Å². The van der Waals surface area contributed by atoms with Gasteiger partial charge in [-0.15, -0.1) is 0 Å². The van der Waals surface area contributed by atoms with Gasteiger partial charge in [-0.1, -0.05) is 0 Å². The molecule has 1 N–H and O–H groups in total. The number of aryl methyl sites for hydroxylation is 2. The molecule has 1 aliphatic heterocycles. The quantitative estimate of drug-likeness (QED) is 0.859. The number of nitrogens with zero attached hydrogens (tertiary/aromatic N) is 3. The van der Waals surface area contributed by atoms with Gasteiger partial charge in [-0.25, -0.2) is 0 Å². The predicted molar refractivity (Wildman–Crippen MR) is 69.9 cm³/mol. The van der Waals surface area contributed by atoms with Gasteiger partial charge in [-0.3, -0.25) is 9.58 Å². The average molecular weight is 236 g/mol. The van der Waals surface area contributed by atoms with Crippen molar-refractivity contribution in [1.82, 2.24) is 20.0 Å². The van der Waals surface area contributed by atoms with Crippen LogP contribution in [0.2, 0.25) is 0 Å². The third kappa shape index (κ3) is 3.30.